The molecular weight excluding hydrogens is 414 g/mol. The van der Waals surface area contributed by atoms with Crippen LogP contribution in [0.25, 0.3) is 17.1 Å². The highest BCUT2D eigenvalue weighted by Crippen LogP contribution is 2.24. The fraction of sp³-hybridized carbons (Fsp3) is 0.320. The Kier molecular flexibility index (Phi) is 5.73. The van der Waals surface area contributed by atoms with Crippen molar-refractivity contribution in [1.82, 2.24) is 29.5 Å². The van der Waals surface area contributed by atoms with Crippen LogP contribution in [-0.4, -0.2) is 42.6 Å². The second-order valence-electron chi connectivity index (χ2n) is 8.78. The highest BCUT2D eigenvalue weighted by atomic mass is 16.1. The average molecular weight is 442 g/mol. The Labute approximate surface area is 192 Å². The van der Waals surface area contributed by atoms with E-state index in [0.29, 0.717) is 23.9 Å². The Balaban J connectivity index is 1.36. The fourth-order valence-electron chi connectivity index (χ4n) is 4.31. The number of aryl methyl sites for hydroxylation is 1. The Morgan fingerprint density at radius 1 is 1.09 bits per heavy atom. The summed E-state index contributed by atoms with van der Waals surface area (Å²) in [6.45, 7) is 4.40. The molecular formula is C25H27N7O. The van der Waals surface area contributed by atoms with E-state index in [0.717, 1.165) is 35.6 Å². The number of piperidine rings is 1. The van der Waals surface area contributed by atoms with Gasteiger partial charge in [0.1, 0.15) is 11.4 Å². The molecule has 1 aliphatic heterocycles. The summed E-state index contributed by atoms with van der Waals surface area (Å²) in [5.74, 6) is 1.38. The minimum Gasteiger partial charge on any atom is -0.369 e. The van der Waals surface area contributed by atoms with Crippen LogP contribution in [0.2, 0.25) is 0 Å². The first-order valence-electron chi connectivity index (χ1n) is 11.3. The zero-order valence-corrected chi connectivity index (χ0v) is 18.9. The van der Waals surface area contributed by atoms with E-state index in [1.807, 2.05) is 49.9 Å². The molecule has 4 aromatic rings. The summed E-state index contributed by atoms with van der Waals surface area (Å²) in [7, 11) is 1.85. The highest BCUT2D eigenvalue weighted by Gasteiger charge is 2.17. The van der Waals surface area contributed by atoms with E-state index in [9.17, 15) is 4.79 Å². The molecule has 168 valence electrons. The monoisotopic (exact) mass is 441 g/mol. The molecule has 4 heterocycles. The maximum Gasteiger partial charge on any atom is 0.203 e. The van der Waals surface area contributed by atoms with E-state index >= 15 is 0 Å². The Hall–Kier alpha value is -3.81. The molecule has 1 aliphatic rings. The van der Waals surface area contributed by atoms with Gasteiger partial charge in [-0.25, -0.2) is 14.6 Å². The zero-order chi connectivity index (χ0) is 22.8. The van der Waals surface area contributed by atoms with E-state index < -0.39 is 0 Å². The second kappa shape index (κ2) is 8.97. The lowest BCUT2D eigenvalue weighted by molar-refractivity contribution is 0.446. The first-order valence-corrected chi connectivity index (χ1v) is 11.3. The maximum atomic E-state index is 12.5. The molecule has 0 bridgehead atoms. The van der Waals surface area contributed by atoms with Crippen LogP contribution in [0.3, 0.4) is 0 Å². The van der Waals surface area contributed by atoms with Gasteiger partial charge in [0.2, 0.25) is 5.43 Å². The van der Waals surface area contributed by atoms with Crippen LogP contribution >= 0.6 is 0 Å². The summed E-state index contributed by atoms with van der Waals surface area (Å²) in [6.07, 6.45) is 12.0. The predicted octanol–water partition coefficient (Wildman–Crippen LogP) is 3.25. The zero-order valence-electron chi connectivity index (χ0n) is 18.9. The van der Waals surface area contributed by atoms with Crippen molar-refractivity contribution in [3.05, 3.63) is 82.8 Å². The minimum atomic E-state index is -0.0862. The van der Waals surface area contributed by atoms with E-state index in [2.05, 4.69) is 32.0 Å². The first kappa shape index (κ1) is 21.1. The third-order valence-corrected chi connectivity index (χ3v) is 6.05. The summed E-state index contributed by atoms with van der Waals surface area (Å²) in [5.41, 5.74) is 4.19. The second-order valence-corrected chi connectivity index (χ2v) is 8.78. The lowest BCUT2D eigenvalue weighted by atomic mass is 10.0. The SMILES string of the molecule is CC1CCCN(c2cnc(-c3cccc(Cc4nn(-c5cnn(C)c5)ccc4=O)c3)nc2)C1. The molecule has 1 atom stereocenters. The molecule has 8 heteroatoms. The van der Waals surface area contributed by atoms with Crippen LogP contribution in [0.15, 0.2) is 66.1 Å². The summed E-state index contributed by atoms with van der Waals surface area (Å²) in [5, 5.41) is 8.71. The largest absolute Gasteiger partial charge is 0.369 e. The van der Waals surface area contributed by atoms with E-state index in [1.54, 1.807) is 27.8 Å². The third kappa shape index (κ3) is 4.69. The molecule has 8 nitrogen and oxygen atoms in total. The molecule has 1 unspecified atom stereocenters. The number of nitrogens with zero attached hydrogens (tertiary/aromatic N) is 7. The summed E-state index contributed by atoms with van der Waals surface area (Å²) < 4.78 is 3.38. The van der Waals surface area contributed by atoms with Crippen LogP contribution in [0.4, 0.5) is 5.69 Å². The molecule has 5 rings (SSSR count). The van der Waals surface area contributed by atoms with Crippen molar-refractivity contribution < 1.29 is 0 Å². The van der Waals surface area contributed by atoms with Crippen molar-refractivity contribution in [1.29, 1.82) is 0 Å². The van der Waals surface area contributed by atoms with Gasteiger partial charge in [0.15, 0.2) is 5.82 Å². The van der Waals surface area contributed by atoms with Gasteiger partial charge >= 0.3 is 0 Å². The standard InChI is InChI=1S/C25H27N7O/c1-18-5-4-9-31(16-18)21-13-26-25(27-14-21)20-7-3-6-19(11-20)12-23-24(33)8-10-32(29-23)22-15-28-30(2)17-22/h3,6-8,10-11,13-15,17-18H,4-5,9,12,16H2,1-2H3. The van der Waals surface area contributed by atoms with E-state index in [-0.39, 0.29) is 5.43 Å². The quantitative estimate of drug-likeness (QED) is 0.473. The van der Waals surface area contributed by atoms with Gasteiger partial charge in [-0.1, -0.05) is 25.1 Å². The number of hydrogen-bond acceptors (Lipinski definition) is 6. The summed E-state index contributed by atoms with van der Waals surface area (Å²) in [6, 6.07) is 9.53. The van der Waals surface area contributed by atoms with Crippen LogP contribution < -0.4 is 10.3 Å². The molecule has 0 N–H and O–H groups in total. The number of rotatable bonds is 5. The topological polar surface area (TPSA) is 81.7 Å². The predicted molar refractivity (Wildman–Crippen MR) is 127 cm³/mol. The molecule has 0 radical (unpaired) electrons. The highest BCUT2D eigenvalue weighted by molar-refractivity contribution is 5.58. The Morgan fingerprint density at radius 3 is 2.70 bits per heavy atom. The Morgan fingerprint density at radius 2 is 1.94 bits per heavy atom. The van der Waals surface area contributed by atoms with Crippen molar-refractivity contribution in [3.63, 3.8) is 0 Å². The van der Waals surface area contributed by atoms with Crippen molar-refractivity contribution in [2.24, 2.45) is 13.0 Å². The molecule has 0 saturated carbocycles. The summed E-state index contributed by atoms with van der Waals surface area (Å²) in [4.78, 5) is 24.1. The van der Waals surface area contributed by atoms with Crippen LogP contribution in [-0.2, 0) is 13.5 Å². The number of aromatic nitrogens is 6. The number of anilines is 1. The van der Waals surface area contributed by atoms with Gasteiger partial charge < -0.3 is 4.90 Å². The minimum absolute atomic E-state index is 0.0862. The average Bonchev–Trinajstić information content (AvgIpc) is 3.27. The van der Waals surface area contributed by atoms with Gasteiger partial charge in [-0.3, -0.25) is 9.48 Å². The smallest absolute Gasteiger partial charge is 0.203 e. The molecule has 3 aromatic heterocycles. The van der Waals surface area contributed by atoms with Gasteiger partial charge in [-0.15, -0.1) is 0 Å². The van der Waals surface area contributed by atoms with Gasteiger partial charge in [-0.2, -0.15) is 10.2 Å². The van der Waals surface area contributed by atoms with Crippen LogP contribution in [0, 0.1) is 5.92 Å². The normalized spacial score (nSPS) is 16.2. The van der Waals surface area contributed by atoms with Crippen LogP contribution in [0.5, 0.6) is 0 Å². The molecule has 33 heavy (non-hydrogen) atoms. The van der Waals surface area contributed by atoms with Crippen LogP contribution in [0.1, 0.15) is 31.0 Å². The molecule has 0 amide bonds. The van der Waals surface area contributed by atoms with Crippen molar-refractivity contribution in [2.75, 3.05) is 18.0 Å². The molecule has 0 aliphatic carbocycles. The van der Waals surface area contributed by atoms with Gasteiger partial charge in [0, 0.05) is 44.4 Å². The van der Waals surface area contributed by atoms with Gasteiger partial charge in [0.25, 0.3) is 0 Å². The number of benzene rings is 1. The molecule has 0 spiro atoms. The lowest BCUT2D eigenvalue weighted by Crippen LogP contribution is -2.34. The van der Waals surface area contributed by atoms with Crippen molar-refractivity contribution in [3.8, 4) is 17.1 Å². The molecule has 1 saturated heterocycles. The van der Waals surface area contributed by atoms with Crippen molar-refractivity contribution in [2.45, 2.75) is 26.2 Å². The lowest BCUT2D eigenvalue weighted by Gasteiger charge is -2.32. The molecule has 1 aromatic carbocycles. The van der Waals surface area contributed by atoms with Crippen molar-refractivity contribution >= 4 is 5.69 Å². The first-order chi connectivity index (χ1) is 16.0. The van der Waals surface area contributed by atoms with Gasteiger partial charge in [-0.05, 0) is 30.4 Å². The maximum absolute atomic E-state index is 12.5. The number of hydrogen-bond donors (Lipinski definition) is 0. The Bertz CT molecular complexity index is 1310. The molecule has 1 fully saturated rings. The van der Waals surface area contributed by atoms with E-state index in [1.165, 1.54) is 12.8 Å². The van der Waals surface area contributed by atoms with E-state index in [4.69, 9.17) is 0 Å². The third-order valence-electron chi connectivity index (χ3n) is 6.05. The fourth-order valence-corrected chi connectivity index (χ4v) is 4.31. The van der Waals surface area contributed by atoms with Gasteiger partial charge in [0.05, 0.1) is 30.5 Å². The summed E-state index contributed by atoms with van der Waals surface area (Å²) >= 11 is 0.